The SMILES string of the molecule is CCOC(=O)Cc1c(O)cncc1Cl. The molecule has 0 saturated carbocycles. The predicted octanol–water partition coefficient (Wildman–Crippen LogP) is 1.55. The molecule has 0 aliphatic carbocycles. The first-order valence-corrected chi connectivity index (χ1v) is 4.50. The molecule has 0 aromatic carbocycles. The third-order valence-electron chi connectivity index (χ3n) is 1.61. The van der Waals surface area contributed by atoms with Crippen molar-refractivity contribution < 1.29 is 14.6 Å². The van der Waals surface area contributed by atoms with Crippen LogP contribution in [-0.4, -0.2) is 22.7 Å². The van der Waals surface area contributed by atoms with Crippen LogP contribution >= 0.6 is 11.6 Å². The van der Waals surface area contributed by atoms with E-state index in [1.165, 1.54) is 12.4 Å². The summed E-state index contributed by atoms with van der Waals surface area (Å²) in [6.45, 7) is 2.02. The molecule has 5 heteroatoms. The number of hydrogen-bond acceptors (Lipinski definition) is 4. The van der Waals surface area contributed by atoms with Crippen LogP contribution in [0.5, 0.6) is 5.75 Å². The predicted molar refractivity (Wildman–Crippen MR) is 51.2 cm³/mol. The lowest BCUT2D eigenvalue weighted by atomic mass is 10.2. The van der Waals surface area contributed by atoms with Gasteiger partial charge in [-0.1, -0.05) is 11.6 Å². The first kappa shape index (κ1) is 10.8. The van der Waals surface area contributed by atoms with Gasteiger partial charge in [-0.05, 0) is 6.92 Å². The molecule has 0 saturated heterocycles. The molecule has 0 aliphatic heterocycles. The molecule has 14 heavy (non-hydrogen) atoms. The fourth-order valence-corrected chi connectivity index (χ4v) is 1.20. The highest BCUT2D eigenvalue weighted by atomic mass is 35.5. The number of aromatic nitrogens is 1. The average molecular weight is 216 g/mol. The summed E-state index contributed by atoms with van der Waals surface area (Å²) in [5, 5.41) is 9.62. The van der Waals surface area contributed by atoms with Crippen LogP contribution in [0.25, 0.3) is 0 Å². The second kappa shape index (κ2) is 4.81. The van der Waals surface area contributed by atoms with E-state index in [-0.39, 0.29) is 17.2 Å². The van der Waals surface area contributed by atoms with Gasteiger partial charge in [-0.15, -0.1) is 0 Å². The van der Waals surface area contributed by atoms with Gasteiger partial charge in [0.05, 0.1) is 24.2 Å². The van der Waals surface area contributed by atoms with Crippen LogP contribution in [0.15, 0.2) is 12.4 Å². The van der Waals surface area contributed by atoms with E-state index in [2.05, 4.69) is 4.98 Å². The maximum Gasteiger partial charge on any atom is 0.310 e. The molecular weight excluding hydrogens is 206 g/mol. The van der Waals surface area contributed by atoms with Crippen LogP contribution in [-0.2, 0) is 16.0 Å². The van der Waals surface area contributed by atoms with Crippen molar-refractivity contribution in [1.29, 1.82) is 0 Å². The second-order valence-electron chi connectivity index (χ2n) is 2.60. The zero-order valence-corrected chi connectivity index (χ0v) is 8.41. The zero-order chi connectivity index (χ0) is 10.6. The lowest BCUT2D eigenvalue weighted by Crippen LogP contribution is -2.08. The third kappa shape index (κ3) is 2.60. The molecule has 0 amide bonds. The van der Waals surface area contributed by atoms with E-state index in [0.717, 1.165) is 0 Å². The molecule has 0 unspecified atom stereocenters. The normalized spacial score (nSPS) is 9.86. The lowest BCUT2D eigenvalue weighted by Gasteiger charge is -2.05. The van der Waals surface area contributed by atoms with Gasteiger partial charge in [0.1, 0.15) is 5.75 Å². The van der Waals surface area contributed by atoms with Crippen molar-refractivity contribution in [3.05, 3.63) is 23.0 Å². The first-order chi connectivity index (χ1) is 6.65. The number of carbonyl (C=O) groups excluding carboxylic acids is 1. The van der Waals surface area contributed by atoms with E-state index in [1.807, 2.05) is 0 Å². The summed E-state index contributed by atoms with van der Waals surface area (Å²) in [5.74, 6) is -0.513. The van der Waals surface area contributed by atoms with Gasteiger partial charge < -0.3 is 9.84 Å². The number of carbonyl (C=O) groups is 1. The maximum absolute atomic E-state index is 11.1. The summed E-state index contributed by atoms with van der Waals surface area (Å²) in [6, 6.07) is 0. The van der Waals surface area contributed by atoms with E-state index in [4.69, 9.17) is 16.3 Å². The number of esters is 1. The third-order valence-corrected chi connectivity index (χ3v) is 1.93. The molecule has 0 atom stereocenters. The van der Waals surface area contributed by atoms with Gasteiger partial charge in [0.25, 0.3) is 0 Å². The average Bonchev–Trinajstić information content (AvgIpc) is 2.12. The first-order valence-electron chi connectivity index (χ1n) is 4.12. The molecule has 0 bridgehead atoms. The molecule has 1 N–H and O–H groups in total. The Morgan fingerprint density at radius 2 is 2.36 bits per heavy atom. The molecule has 4 nitrogen and oxygen atoms in total. The summed E-state index contributed by atoms with van der Waals surface area (Å²) in [4.78, 5) is 14.8. The summed E-state index contributed by atoms with van der Waals surface area (Å²) in [7, 11) is 0. The van der Waals surface area contributed by atoms with Crippen molar-refractivity contribution in [3.8, 4) is 5.75 Å². The van der Waals surface area contributed by atoms with Crippen molar-refractivity contribution in [3.63, 3.8) is 0 Å². The molecule has 76 valence electrons. The quantitative estimate of drug-likeness (QED) is 0.778. The van der Waals surface area contributed by atoms with E-state index in [9.17, 15) is 9.90 Å². The van der Waals surface area contributed by atoms with Gasteiger partial charge in [-0.2, -0.15) is 0 Å². The molecule has 1 rings (SSSR count). The molecule has 1 aromatic rings. The molecule has 0 aliphatic rings. The fourth-order valence-electron chi connectivity index (χ4n) is 0.983. The van der Waals surface area contributed by atoms with Crippen molar-refractivity contribution in [2.45, 2.75) is 13.3 Å². The Bertz CT molecular complexity index is 321. The number of ether oxygens (including phenoxy) is 1. The highest BCUT2D eigenvalue weighted by Gasteiger charge is 2.12. The molecule has 0 radical (unpaired) electrons. The van der Waals surface area contributed by atoms with Crippen LogP contribution in [0.1, 0.15) is 12.5 Å². The van der Waals surface area contributed by atoms with Crippen LogP contribution in [0, 0.1) is 0 Å². The number of halogens is 1. The van der Waals surface area contributed by atoms with Crippen LogP contribution in [0.4, 0.5) is 0 Å². The van der Waals surface area contributed by atoms with E-state index in [0.29, 0.717) is 12.2 Å². The number of aromatic hydroxyl groups is 1. The Balaban J connectivity index is 2.80. The maximum atomic E-state index is 11.1. The Kier molecular flexibility index (Phi) is 3.71. The summed E-state index contributed by atoms with van der Waals surface area (Å²) in [5.41, 5.74) is 0.347. The summed E-state index contributed by atoms with van der Waals surface area (Å²) in [6.07, 6.45) is 2.57. The lowest BCUT2D eigenvalue weighted by molar-refractivity contribution is -0.142. The number of pyridine rings is 1. The Morgan fingerprint density at radius 3 is 2.93 bits per heavy atom. The fraction of sp³-hybridized carbons (Fsp3) is 0.333. The summed E-state index contributed by atoms with van der Waals surface area (Å²) >= 11 is 5.74. The standard InChI is InChI=1S/C9H10ClNO3/c1-2-14-9(13)3-6-7(10)4-11-5-8(6)12/h4-5,12H,2-3H2,1H3. The van der Waals surface area contributed by atoms with Gasteiger partial charge in [0.15, 0.2) is 0 Å². The van der Waals surface area contributed by atoms with Crippen molar-refractivity contribution in [1.82, 2.24) is 4.98 Å². The zero-order valence-electron chi connectivity index (χ0n) is 7.66. The van der Waals surface area contributed by atoms with Gasteiger partial charge in [-0.25, -0.2) is 0 Å². The Morgan fingerprint density at radius 1 is 1.64 bits per heavy atom. The largest absolute Gasteiger partial charge is 0.506 e. The monoisotopic (exact) mass is 215 g/mol. The Labute approximate surface area is 86.5 Å². The molecular formula is C9H10ClNO3. The second-order valence-corrected chi connectivity index (χ2v) is 3.01. The Hall–Kier alpha value is -1.29. The molecule has 1 heterocycles. The molecule has 0 fully saturated rings. The number of nitrogens with zero attached hydrogens (tertiary/aromatic N) is 1. The molecule has 1 aromatic heterocycles. The van der Waals surface area contributed by atoms with E-state index in [1.54, 1.807) is 6.92 Å². The highest BCUT2D eigenvalue weighted by molar-refractivity contribution is 6.31. The summed E-state index contributed by atoms with van der Waals surface area (Å²) < 4.78 is 4.73. The minimum absolute atomic E-state index is 0.0406. The van der Waals surface area contributed by atoms with Crippen LogP contribution in [0.2, 0.25) is 5.02 Å². The van der Waals surface area contributed by atoms with Gasteiger partial charge >= 0.3 is 5.97 Å². The van der Waals surface area contributed by atoms with Gasteiger partial charge in [-0.3, -0.25) is 9.78 Å². The van der Waals surface area contributed by atoms with E-state index >= 15 is 0 Å². The molecule has 0 spiro atoms. The smallest absolute Gasteiger partial charge is 0.310 e. The van der Waals surface area contributed by atoms with Gasteiger partial charge in [0, 0.05) is 11.8 Å². The van der Waals surface area contributed by atoms with Crippen LogP contribution < -0.4 is 0 Å². The minimum Gasteiger partial charge on any atom is -0.506 e. The van der Waals surface area contributed by atoms with E-state index < -0.39 is 5.97 Å². The number of rotatable bonds is 3. The highest BCUT2D eigenvalue weighted by Crippen LogP contribution is 2.24. The minimum atomic E-state index is -0.420. The van der Waals surface area contributed by atoms with Crippen LogP contribution in [0.3, 0.4) is 0 Å². The number of hydrogen-bond donors (Lipinski definition) is 1. The van der Waals surface area contributed by atoms with Crippen molar-refractivity contribution >= 4 is 17.6 Å². The van der Waals surface area contributed by atoms with Crippen molar-refractivity contribution in [2.24, 2.45) is 0 Å². The topological polar surface area (TPSA) is 59.4 Å². The van der Waals surface area contributed by atoms with Crippen molar-refractivity contribution in [2.75, 3.05) is 6.61 Å². The van der Waals surface area contributed by atoms with Gasteiger partial charge in [0.2, 0.25) is 0 Å².